The Bertz CT molecular complexity index is 930. The summed E-state index contributed by atoms with van der Waals surface area (Å²) in [6.07, 6.45) is 3.89. The molecular formula is C17H14N2O3. The fourth-order valence-corrected chi connectivity index (χ4v) is 3.95. The van der Waals surface area contributed by atoms with Crippen LogP contribution >= 0.6 is 0 Å². The Morgan fingerprint density at radius 1 is 1.32 bits per heavy atom. The van der Waals surface area contributed by atoms with Crippen LogP contribution in [-0.4, -0.2) is 23.8 Å². The quantitative estimate of drug-likeness (QED) is 0.767. The van der Waals surface area contributed by atoms with Crippen LogP contribution in [-0.2, 0) is 14.9 Å². The zero-order valence-corrected chi connectivity index (χ0v) is 12.0. The van der Waals surface area contributed by atoms with Gasteiger partial charge in [-0.15, -0.1) is 0 Å². The Balaban J connectivity index is 1.77. The number of fused-ring (bicyclic) bond motifs is 5. The minimum Gasteiger partial charge on any atom is -0.372 e. The first-order valence-electron chi connectivity index (χ1n) is 7.39. The Morgan fingerprint density at radius 3 is 3.09 bits per heavy atom. The van der Waals surface area contributed by atoms with Crippen LogP contribution in [0.15, 0.2) is 28.8 Å². The third kappa shape index (κ3) is 1.28. The van der Waals surface area contributed by atoms with Crippen molar-refractivity contribution >= 4 is 23.7 Å². The summed E-state index contributed by atoms with van der Waals surface area (Å²) in [6, 6.07) is 7.86. The molecule has 0 bridgehead atoms. The van der Waals surface area contributed by atoms with Crippen molar-refractivity contribution in [3.63, 3.8) is 0 Å². The molecule has 5 heteroatoms. The van der Waals surface area contributed by atoms with E-state index in [1.807, 2.05) is 37.3 Å². The topological polar surface area (TPSA) is 64.4 Å². The van der Waals surface area contributed by atoms with Crippen molar-refractivity contribution in [2.75, 3.05) is 11.9 Å². The average molecular weight is 294 g/mol. The van der Waals surface area contributed by atoms with Crippen LogP contribution in [0.5, 0.6) is 0 Å². The predicted molar refractivity (Wildman–Crippen MR) is 79.4 cm³/mol. The fourth-order valence-electron chi connectivity index (χ4n) is 3.95. The van der Waals surface area contributed by atoms with Crippen molar-refractivity contribution in [1.82, 2.24) is 5.16 Å². The lowest BCUT2D eigenvalue weighted by atomic mass is 9.70. The number of para-hydroxylation sites is 1. The molecule has 110 valence electrons. The highest BCUT2D eigenvalue weighted by atomic mass is 16.5. The fraction of sp³-hybridized carbons (Fsp3) is 0.294. The molecule has 3 atom stereocenters. The molecule has 1 N–H and O–H groups in total. The molecule has 0 radical (unpaired) electrons. The van der Waals surface area contributed by atoms with Gasteiger partial charge in [0.1, 0.15) is 5.41 Å². The molecule has 1 aliphatic carbocycles. The summed E-state index contributed by atoms with van der Waals surface area (Å²) in [5.41, 5.74) is 2.84. The Morgan fingerprint density at radius 2 is 2.18 bits per heavy atom. The van der Waals surface area contributed by atoms with Crippen molar-refractivity contribution in [3.05, 3.63) is 46.2 Å². The van der Waals surface area contributed by atoms with Crippen molar-refractivity contribution in [3.8, 4) is 0 Å². The average Bonchev–Trinajstić information content (AvgIpc) is 3.16. The Hall–Kier alpha value is -2.40. The number of ether oxygens (including phenoxy) is 1. The molecule has 1 fully saturated rings. The third-order valence-electron chi connectivity index (χ3n) is 5.09. The molecule has 1 spiro atoms. The highest BCUT2D eigenvalue weighted by Gasteiger charge is 2.58. The normalized spacial score (nSPS) is 31.0. The van der Waals surface area contributed by atoms with Gasteiger partial charge in [-0.3, -0.25) is 4.79 Å². The second kappa shape index (κ2) is 3.87. The van der Waals surface area contributed by atoms with Gasteiger partial charge in [0.15, 0.2) is 5.42 Å². The van der Waals surface area contributed by atoms with E-state index in [0.29, 0.717) is 6.61 Å². The van der Waals surface area contributed by atoms with Gasteiger partial charge in [-0.25, -0.2) is 0 Å². The molecule has 2 aliphatic heterocycles. The number of carbonyl (C=O) groups is 1. The van der Waals surface area contributed by atoms with Gasteiger partial charge in [-0.1, -0.05) is 29.4 Å². The van der Waals surface area contributed by atoms with Crippen LogP contribution in [0.4, 0.5) is 5.69 Å². The van der Waals surface area contributed by atoms with Crippen LogP contribution in [0.1, 0.15) is 11.3 Å². The van der Waals surface area contributed by atoms with Crippen molar-refractivity contribution in [2.45, 2.75) is 18.4 Å². The third-order valence-corrected chi connectivity index (χ3v) is 5.09. The van der Waals surface area contributed by atoms with Gasteiger partial charge in [0.25, 0.3) is 0 Å². The molecule has 1 aromatic heterocycles. The number of aryl methyl sites for hydroxylation is 1. The summed E-state index contributed by atoms with van der Waals surface area (Å²) in [7, 11) is 0. The SMILES string of the molecule is Cc1noc2c1=CC1C(C=2)OCC12C(=O)Nc1ccccc12. The number of amides is 1. The highest BCUT2D eigenvalue weighted by molar-refractivity contribution is 6.07. The lowest BCUT2D eigenvalue weighted by Gasteiger charge is -2.27. The Labute approximate surface area is 126 Å². The number of hydrogen-bond donors (Lipinski definition) is 1. The summed E-state index contributed by atoms with van der Waals surface area (Å²) in [5.74, 6) is -0.0230. The summed E-state index contributed by atoms with van der Waals surface area (Å²) >= 11 is 0. The summed E-state index contributed by atoms with van der Waals surface area (Å²) in [6.45, 7) is 2.30. The number of nitrogens with one attached hydrogen (secondary N) is 1. The zero-order chi connectivity index (χ0) is 14.9. The van der Waals surface area contributed by atoms with Crippen molar-refractivity contribution in [1.29, 1.82) is 0 Å². The molecule has 3 heterocycles. The van der Waals surface area contributed by atoms with Gasteiger partial charge >= 0.3 is 0 Å². The molecule has 5 nitrogen and oxygen atoms in total. The maximum Gasteiger partial charge on any atom is 0.238 e. The van der Waals surface area contributed by atoms with Gasteiger partial charge in [-0.2, -0.15) is 0 Å². The van der Waals surface area contributed by atoms with Crippen LogP contribution in [0.2, 0.25) is 0 Å². The first-order valence-corrected chi connectivity index (χ1v) is 7.39. The van der Waals surface area contributed by atoms with E-state index in [1.54, 1.807) is 0 Å². The monoisotopic (exact) mass is 294 g/mol. The number of rotatable bonds is 0. The molecule has 5 rings (SSSR count). The van der Waals surface area contributed by atoms with Crippen LogP contribution in [0, 0.1) is 12.8 Å². The molecule has 22 heavy (non-hydrogen) atoms. The van der Waals surface area contributed by atoms with Crippen LogP contribution in [0.3, 0.4) is 0 Å². The largest absolute Gasteiger partial charge is 0.372 e. The summed E-state index contributed by atoms with van der Waals surface area (Å²) in [4.78, 5) is 12.8. The standard InChI is InChI=1S/C17H14N2O3/c1-9-10-6-12-15(7-14(10)22-19-9)21-8-17(12)11-4-2-3-5-13(11)18-16(17)20/h2-7,12,15H,8H2,1H3,(H,18,20). The van der Waals surface area contributed by atoms with Gasteiger partial charge in [0.2, 0.25) is 5.91 Å². The number of benzene rings is 1. The molecule has 1 amide bonds. The number of aromatic nitrogens is 1. The lowest BCUT2D eigenvalue weighted by Crippen LogP contribution is -2.45. The molecule has 1 aromatic carbocycles. The van der Waals surface area contributed by atoms with E-state index in [9.17, 15) is 4.79 Å². The molecule has 0 saturated carbocycles. The minimum absolute atomic E-state index is 0.0170. The van der Waals surface area contributed by atoms with E-state index >= 15 is 0 Å². The van der Waals surface area contributed by atoms with Crippen molar-refractivity contribution < 1.29 is 14.1 Å². The van der Waals surface area contributed by atoms with Gasteiger partial charge in [0.05, 0.1) is 18.4 Å². The van der Waals surface area contributed by atoms with E-state index in [0.717, 1.165) is 27.6 Å². The molecule has 2 aromatic rings. The van der Waals surface area contributed by atoms with E-state index in [1.165, 1.54) is 0 Å². The van der Waals surface area contributed by atoms with E-state index in [4.69, 9.17) is 9.26 Å². The molecule has 1 saturated heterocycles. The second-order valence-electron chi connectivity index (χ2n) is 6.15. The van der Waals surface area contributed by atoms with E-state index in [2.05, 4.69) is 16.5 Å². The summed E-state index contributed by atoms with van der Waals surface area (Å²) in [5, 5.41) is 7.99. The smallest absolute Gasteiger partial charge is 0.238 e. The Kier molecular flexibility index (Phi) is 2.14. The minimum atomic E-state index is -0.654. The first kappa shape index (κ1) is 12.2. The van der Waals surface area contributed by atoms with Crippen molar-refractivity contribution in [2.24, 2.45) is 5.92 Å². The number of anilines is 1. The van der Waals surface area contributed by atoms with Crippen LogP contribution < -0.4 is 16.0 Å². The summed E-state index contributed by atoms with van der Waals surface area (Å²) < 4.78 is 11.3. The van der Waals surface area contributed by atoms with E-state index in [-0.39, 0.29) is 17.9 Å². The van der Waals surface area contributed by atoms with Gasteiger partial charge in [0, 0.05) is 16.8 Å². The first-order chi connectivity index (χ1) is 10.7. The molecule has 3 aliphatic rings. The molecule has 3 unspecified atom stereocenters. The number of nitrogens with zero attached hydrogens (tertiary/aromatic N) is 1. The van der Waals surface area contributed by atoms with E-state index < -0.39 is 5.41 Å². The van der Waals surface area contributed by atoms with Gasteiger partial charge in [-0.05, 0) is 24.6 Å². The highest BCUT2D eigenvalue weighted by Crippen LogP contribution is 2.50. The van der Waals surface area contributed by atoms with Gasteiger partial charge < -0.3 is 14.6 Å². The second-order valence-corrected chi connectivity index (χ2v) is 6.15. The maximum absolute atomic E-state index is 12.8. The lowest BCUT2D eigenvalue weighted by molar-refractivity contribution is -0.121. The number of hydrogen-bond acceptors (Lipinski definition) is 4. The zero-order valence-electron chi connectivity index (χ0n) is 12.0. The predicted octanol–water partition coefficient (Wildman–Crippen LogP) is 0.463. The molecular weight excluding hydrogens is 280 g/mol. The van der Waals surface area contributed by atoms with Crippen LogP contribution in [0.25, 0.3) is 12.2 Å². The maximum atomic E-state index is 12.8. The number of carbonyl (C=O) groups excluding carboxylic acids is 1.